The fraction of sp³-hybridized carbons (Fsp3) is 0.625. The summed E-state index contributed by atoms with van der Waals surface area (Å²) in [7, 11) is 2.11. The summed E-state index contributed by atoms with van der Waals surface area (Å²) in [5.41, 5.74) is 2.96. The average Bonchev–Trinajstić information content (AvgIpc) is 2.41. The molecule has 0 saturated carbocycles. The highest BCUT2D eigenvalue weighted by molar-refractivity contribution is 5.06. The van der Waals surface area contributed by atoms with Crippen LogP contribution in [0.1, 0.15) is 17.8 Å². The molecule has 1 aliphatic heterocycles. The van der Waals surface area contributed by atoms with Crippen molar-refractivity contribution in [2.45, 2.75) is 26.3 Å². The van der Waals surface area contributed by atoms with Crippen LogP contribution in [0.25, 0.3) is 0 Å². The van der Waals surface area contributed by atoms with Gasteiger partial charge in [-0.1, -0.05) is 0 Å². The molecule has 0 radical (unpaired) electrons. The van der Waals surface area contributed by atoms with Crippen molar-refractivity contribution in [3.05, 3.63) is 17.7 Å². The van der Waals surface area contributed by atoms with Gasteiger partial charge in [0.05, 0.1) is 13.6 Å². The molecule has 0 atom stereocenters. The predicted octanol–water partition coefficient (Wildman–Crippen LogP) is 0.567. The number of nitrogens with zero attached hydrogens (tertiary/aromatic N) is 2. The highest BCUT2D eigenvalue weighted by atomic mass is 15.1. The van der Waals surface area contributed by atoms with Crippen molar-refractivity contribution in [3.63, 3.8) is 0 Å². The Hall–Kier alpha value is -0.790. The lowest BCUT2D eigenvalue weighted by atomic mass is 10.2. The summed E-state index contributed by atoms with van der Waals surface area (Å²) in [6.07, 6.45) is 4.79. The number of fused-ring (bicyclic) bond motifs is 1. The number of imidazole rings is 1. The Morgan fingerprint density at radius 1 is 1.60 bits per heavy atom. The van der Waals surface area contributed by atoms with Crippen molar-refractivity contribution < 1.29 is 4.57 Å². The summed E-state index contributed by atoms with van der Waals surface area (Å²) in [5, 5.41) is 0. The Kier molecular flexibility index (Phi) is 1.10. The maximum Gasteiger partial charge on any atom is 0.243 e. The molecular weight excluding hydrogens is 124 g/mol. The summed E-state index contributed by atoms with van der Waals surface area (Å²) in [5.74, 6) is 0. The van der Waals surface area contributed by atoms with Crippen LogP contribution in [0.2, 0.25) is 0 Å². The van der Waals surface area contributed by atoms with E-state index in [0.29, 0.717) is 0 Å². The van der Waals surface area contributed by atoms with Crippen molar-refractivity contribution in [1.29, 1.82) is 0 Å². The van der Waals surface area contributed by atoms with Gasteiger partial charge in [0.2, 0.25) is 6.33 Å². The summed E-state index contributed by atoms with van der Waals surface area (Å²) in [4.78, 5) is 0. The van der Waals surface area contributed by atoms with Gasteiger partial charge in [0, 0.05) is 13.3 Å². The van der Waals surface area contributed by atoms with E-state index in [4.69, 9.17) is 0 Å². The number of aryl methyl sites for hydroxylation is 2. The number of aromatic nitrogens is 2. The van der Waals surface area contributed by atoms with Gasteiger partial charge in [0.1, 0.15) is 11.4 Å². The molecule has 0 aliphatic carbocycles. The van der Waals surface area contributed by atoms with E-state index in [1.165, 1.54) is 30.8 Å². The maximum absolute atomic E-state index is 2.36. The molecule has 0 amide bonds. The Balaban J connectivity index is 2.59. The molecule has 0 fully saturated rings. The average molecular weight is 137 g/mol. The second-order valence-electron chi connectivity index (χ2n) is 3.06. The minimum atomic E-state index is 1.22. The van der Waals surface area contributed by atoms with E-state index in [1.54, 1.807) is 0 Å². The third-order valence-corrected chi connectivity index (χ3v) is 2.42. The minimum absolute atomic E-state index is 1.22. The summed E-state index contributed by atoms with van der Waals surface area (Å²) in [6.45, 7) is 3.41. The molecule has 1 aromatic heterocycles. The molecule has 0 aromatic carbocycles. The van der Waals surface area contributed by atoms with Gasteiger partial charge in [-0.15, -0.1) is 0 Å². The molecule has 0 N–H and O–H groups in total. The summed E-state index contributed by atoms with van der Waals surface area (Å²) >= 11 is 0. The standard InChI is InChI=1S/C8H13N2/c1-7-8-4-3-5-10(8)6-9(7)2/h6H,3-5H2,1-2H3/q+1. The number of rotatable bonds is 0. The second kappa shape index (κ2) is 1.84. The number of hydrogen-bond donors (Lipinski definition) is 0. The first kappa shape index (κ1) is 5.96. The quantitative estimate of drug-likeness (QED) is 0.462. The van der Waals surface area contributed by atoms with Crippen molar-refractivity contribution in [1.82, 2.24) is 4.57 Å². The Bertz CT molecular complexity index is 260. The first-order valence-corrected chi connectivity index (χ1v) is 3.83. The first-order valence-electron chi connectivity index (χ1n) is 3.83. The van der Waals surface area contributed by atoms with Gasteiger partial charge in [0.15, 0.2) is 0 Å². The Labute approximate surface area is 61.1 Å². The summed E-state index contributed by atoms with van der Waals surface area (Å²) in [6, 6.07) is 0. The zero-order valence-electron chi connectivity index (χ0n) is 6.59. The Morgan fingerprint density at radius 3 is 3.10 bits per heavy atom. The molecule has 1 aliphatic rings. The fourth-order valence-corrected chi connectivity index (χ4v) is 1.71. The monoisotopic (exact) mass is 137 g/mol. The van der Waals surface area contributed by atoms with Crippen molar-refractivity contribution in [3.8, 4) is 0 Å². The molecule has 2 heteroatoms. The van der Waals surface area contributed by atoms with Gasteiger partial charge in [-0.3, -0.25) is 0 Å². The van der Waals surface area contributed by atoms with Crippen LogP contribution in [0.15, 0.2) is 6.33 Å². The van der Waals surface area contributed by atoms with Crippen LogP contribution in [-0.4, -0.2) is 4.57 Å². The SMILES string of the molecule is Cc1c2[n+](cn1C)CCC2. The molecule has 0 bridgehead atoms. The van der Waals surface area contributed by atoms with Crippen LogP contribution in [0, 0.1) is 6.92 Å². The number of hydrogen-bond acceptors (Lipinski definition) is 0. The van der Waals surface area contributed by atoms with E-state index in [1.807, 2.05) is 0 Å². The van der Waals surface area contributed by atoms with Crippen LogP contribution < -0.4 is 4.57 Å². The molecule has 0 saturated heterocycles. The predicted molar refractivity (Wildman–Crippen MR) is 38.7 cm³/mol. The molecule has 1 aromatic rings. The zero-order valence-corrected chi connectivity index (χ0v) is 6.59. The lowest BCUT2D eigenvalue weighted by molar-refractivity contribution is -0.690. The first-order chi connectivity index (χ1) is 4.79. The smallest absolute Gasteiger partial charge is 0.237 e. The van der Waals surface area contributed by atoms with E-state index >= 15 is 0 Å². The third kappa shape index (κ3) is 0.618. The van der Waals surface area contributed by atoms with Gasteiger partial charge in [0.25, 0.3) is 0 Å². The van der Waals surface area contributed by atoms with E-state index in [2.05, 4.69) is 29.4 Å². The van der Waals surface area contributed by atoms with Gasteiger partial charge in [-0.25, -0.2) is 9.13 Å². The van der Waals surface area contributed by atoms with Crippen LogP contribution >= 0.6 is 0 Å². The molecule has 0 unspecified atom stereocenters. The molecule has 0 spiro atoms. The largest absolute Gasteiger partial charge is 0.243 e. The van der Waals surface area contributed by atoms with Crippen molar-refractivity contribution in [2.75, 3.05) is 0 Å². The van der Waals surface area contributed by atoms with Gasteiger partial charge >= 0.3 is 0 Å². The van der Waals surface area contributed by atoms with Gasteiger partial charge in [-0.2, -0.15) is 0 Å². The molecule has 2 nitrogen and oxygen atoms in total. The van der Waals surface area contributed by atoms with Crippen LogP contribution in [-0.2, 0) is 20.0 Å². The van der Waals surface area contributed by atoms with Crippen molar-refractivity contribution in [2.24, 2.45) is 7.05 Å². The normalized spacial score (nSPS) is 15.8. The lowest BCUT2D eigenvalue weighted by Gasteiger charge is -1.85. The van der Waals surface area contributed by atoms with Gasteiger partial charge in [-0.05, 0) is 6.42 Å². The van der Waals surface area contributed by atoms with E-state index < -0.39 is 0 Å². The topological polar surface area (TPSA) is 8.81 Å². The van der Waals surface area contributed by atoms with E-state index in [0.717, 1.165) is 0 Å². The maximum atomic E-state index is 2.36. The van der Waals surface area contributed by atoms with Crippen molar-refractivity contribution >= 4 is 0 Å². The van der Waals surface area contributed by atoms with E-state index in [9.17, 15) is 0 Å². The molecule has 2 rings (SSSR count). The lowest BCUT2D eigenvalue weighted by Crippen LogP contribution is -2.29. The van der Waals surface area contributed by atoms with Crippen LogP contribution in [0.3, 0.4) is 0 Å². The highest BCUT2D eigenvalue weighted by Crippen LogP contribution is 2.10. The molecule has 2 heterocycles. The zero-order chi connectivity index (χ0) is 7.14. The fourth-order valence-electron chi connectivity index (χ4n) is 1.71. The highest BCUT2D eigenvalue weighted by Gasteiger charge is 2.21. The second-order valence-corrected chi connectivity index (χ2v) is 3.06. The minimum Gasteiger partial charge on any atom is -0.237 e. The molecule has 10 heavy (non-hydrogen) atoms. The van der Waals surface area contributed by atoms with E-state index in [-0.39, 0.29) is 0 Å². The van der Waals surface area contributed by atoms with Gasteiger partial charge < -0.3 is 0 Å². The van der Waals surface area contributed by atoms with Crippen LogP contribution in [0.4, 0.5) is 0 Å². The van der Waals surface area contributed by atoms with Crippen LogP contribution in [0.5, 0.6) is 0 Å². The third-order valence-electron chi connectivity index (χ3n) is 2.42. The summed E-state index contributed by atoms with van der Waals surface area (Å²) < 4.78 is 4.56. The molecule has 54 valence electrons. The molecular formula is C8H13N2+. The Morgan fingerprint density at radius 2 is 2.40 bits per heavy atom.